The van der Waals surface area contributed by atoms with Crippen LogP contribution in [0.1, 0.15) is 12.6 Å². The minimum atomic E-state index is -0.928. The molecule has 0 aliphatic rings. The second-order valence-electron chi connectivity index (χ2n) is 4.09. The van der Waals surface area contributed by atoms with Crippen molar-refractivity contribution in [3.05, 3.63) is 42.0 Å². The molecule has 1 heterocycles. The molecule has 1 aromatic carbocycles. The molecule has 0 unspecified atom stereocenters. The van der Waals surface area contributed by atoms with E-state index in [2.05, 4.69) is 10.3 Å². The number of halogens is 1. The summed E-state index contributed by atoms with van der Waals surface area (Å²) in [6, 6.07) is 5.12. The Bertz CT molecular complexity index is 566. The molecule has 2 aromatic rings. The summed E-state index contributed by atoms with van der Waals surface area (Å²) in [6.07, 6.45) is 1.44. The van der Waals surface area contributed by atoms with E-state index in [1.54, 1.807) is 19.1 Å². The summed E-state index contributed by atoms with van der Waals surface area (Å²) in [6.45, 7) is 1.83. The molecule has 2 rings (SSSR count). The first kappa shape index (κ1) is 13.2. The van der Waals surface area contributed by atoms with E-state index in [1.165, 1.54) is 18.4 Å². The fraction of sp³-hybridized carbons (Fsp3) is 0.231. The maximum absolute atomic E-state index is 12.8. The van der Waals surface area contributed by atoms with E-state index in [0.717, 1.165) is 0 Å². The Labute approximate surface area is 109 Å². The van der Waals surface area contributed by atoms with Crippen LogP contribution in [0.15, 0.2) is 34.9 Å². The smallest absolute Gasteiger partial charge is 0.320 e. The fourth-order valence-electron chi connectivity index (χ4n) is 1.46. The van der Waals surface area contributed by atoms with Gasteiger partial charge in [0, 0.05) is 12.1 Å². The lowest BCUT2D eigenvalue weighted by Crippen LogP contribution is -2.33. The highest BCUT2D eigenvalue weighted by atomic mass is 19.1. The van der Waals surface area contributed by atoms with Gasteiger partial charge in [0.05, 0.1) is 5.69 Å². The lowest BCUT2D eigenvalue weighted by molar-refractivity contribution is -0.139. The first-order valence-corrected chi connectivity index (χ1v) is 5.73. The molecule has 0 bridgehead atoms. The van der Waals surface area contributed by atoms with Crippen LogP contribution in [-0.2, 0) is 11.3 Å². The molecule has 19 heavy (non-hydrogen) atoms. The van der Waals surface area contributed by atoms with Gasteiger partial charge in [-0.2, -0.15) is 0 Å². The Balaban J connectivity index is 2.03. The largest absolute Gasteiger partial charge is 0.480 e. The topological polar surface area (TPSA) is 75.4 Å². The first-order valence-electron chi connectivity index (χ1n) is 5.73. The molecule has 1 aromatic heterocycles. The van der Waals surface area contributed by atoms with E-state index < -0.39 is 12.0 Å². The predicted octanol–water partition coefficient (Wildman–Crippen LogP) is 2.04. The summed E-state index contributed by atoms with van der Waals surface area (Å²) in [5, 5.41) is 11.5. The Morgan fingerprint density at radius 2 is 2.16 bits per heavy atom. The number of carboxylic acid groups (broad SMARTS) is 1. The van der Waals surface area contributed by atoms with Gasteiger partial charge in [-0.25, -0.2) is 9.37 Å². The summed E-state index contributed by atoms with van der Waals surface area (Å²) in [7, 11) is 0. The summed E-state index contributed by atoms with van der Waals surface area (Å²) in [4.78, 5) is 14.8. The molecule has 0 saturated carbocycles. The van der Waals surface area contributed by atoms with Crippen molar-refractivity contribution in [1.82, 2.24) is 10.3 Å². The van der Waals surface area contributed by atoms with E-state index in [9.17, 15) is 9.18 Å². The number of carbonyl (C=O) groups is 1. The van der Waals surface area contributed by atoms with Crippen LogP contribution < -0.4 is 5.32 Å². The zero-order valence-corrected chi connectivity index (χ0v) is 10.3. The van der Waals surface area contributed by atoms with Crippen LogP contribution in [0.4, 0.5) is 4.39 Å². The van der Waals surface area contributed by atoms with Gasteiger partial charge in [0.25, 0.3) is 0 Å². The van der Waals surface area contributed by atoms with Gasteiger partial charge < -0.3 is 9.52 Å². The Hall–Kier alpha value is -2.21. The van der Waals surface area contributed by atoms with Crippen LogP contribution in [0, 0.1) is 5.82 Å². The van der Waals surface area contributed by atoms with Crippen molar-refractivity contribution < 1.29 is 18.7 Å². The summed E-state index contributed by atoms with van der Waals surface area (Å²) in [5.74, 6) is -0.880. The number of rotatable bonds is 5. The number of nitrogens with zero attached hydrogens (tertiary/aromatic N) is 1. The van der Waals surface area contributed by atoms with E-state index >= 15 is 0 Å². The highest BCUT2D eigenvalue weighted by Crippen LogP contribution is 2.18. The van der Waals surface area contributed by atoms with Crippen LogP contribution in [0.2, 0.25) is 0 Å². The maximum Gasteiger partial charge on any atom is 0.320 e. The van der Waals surface area contributed by atoms with E-state index in [0.29, 0.717) is 17.1 Å². The average Bonchev–Trinajstić information content (AvgIpc) is 2.85. The van der Waals surface area contributed by atoms with Gasteiger partial charge in [-0.15, -0.1) is 0 Å². The second-order valence-corrected chi connectivity index (χ2v) is 4.09. The Morgan fingerprint density at radius 1 is 1.47 bits per heavy atom. The van der Waals surface area contributed by atoms with Gasteiger partial charge in [0.2, 0.25) is 5.89 Å². The molecule has 0 aliphatic heterocycles. The molecule has 2 N–H and O–H groups in total. The van der Waals surface area contributed by atoms with Gasteiger partial charge in [-0.1, -0.05) is 0 Å². The number of aromatic nitrogens is 1. The third-order valence-electron chi connectivity index (χ3n) is 2.60. The van der Waals surface area contributed by atoms with E-state index in [1.807, 2.05) is 0 Å². The number of carboxylic acids is 1. The zero-order chi connectivity index (χ0) is 13.8. The molecule has 6 heteroatoms. The lowest BCUT2D eigenvalue weighted by Gasteiger charge is -2.05. The molecule has 0 spiro atoms. The van der Waals surface area contributed by atoms with Gasteiger partial charge in [0.15, 0.2) is 0 Å². The van der Waals surface area contributed by atoms with Crippen LogP contribution in [-0.4, -0.2) is 22.1 Å². The van der Waals surface area contributed by atoms with Crippen molar-refractivity contribution in [3.8, 4) is 11.5 Å². The van der Waals surface area contributed by atoms with Crippen molar-refractivity contribution >= 4 is 5.97 Å². The zero-order valence-electron chi connectivity index (χ0n) is 10.3. The van der Waals surface area contributed by atoms with Gasteiger partial charge >= 0.3 is 5.97 Å². The minimum absolute atomic E-state index is 0.290. The molecule has 0 saturated heterocycles. The standard InChI is InChI=1S/C13H13FN2O3/c1-8(13(17)18)15-6-11-7-19-12(16-11)9-2-4-10(14)5-3-9/h2-5,7-8,15H,6H2,1H3,(H,17,18)/t8-/m1/s1. The van der Waals surface area contributed by atoms with Crippen LogP contribution >= 0.6 is 0 Å². The minimum Gasteiger partial charge on any atom is -0.480 e. The molecule has 0 aliphatic carbocycles. The lowest BCUT2D eigenvalue weighted by atomic mass is 10.2. The van der Waals surface area contributed by atoms with Crippen molar-refractivity contribution in [2.24, 2.45) is 0 Å². The Kier molecular flexibility index (Phi) is 3.91. The molecule has 0 radical (unpaired) electrons. The van der Waals surface area contributed by atoms with E-state index in [-0.39, 0.29) is 12.4 Å². The van der Waals surface area contributed by atoms with Gasteiger partial charge in [-0.05, 0) is 31.2 Å². The van der Waals surface area contributed by atoms with Crippen LogP contribution in [0.5, 0.6) is 0 Å². The normalized spacial score (nSPS) is 12.3. The monoisotopic (exact) mass is 264 g/mol. The van der Waals surface area contributed by atoms with Crippen molar-refractivity contribution in [3.63, 3.8) is 0 Å². The SMILES string of the molecule is C[C@@H](NCc1coc(-c2ccc(F)cc2)n1)C(=O)O. The maximum atomic E-state index is 12.8. The van der Waals surface area contributed by atoms with Crippen molar-refractivity contribution in [1.29, 1.82) is 0 Å². The number of oxazole rings is 1. The average molecular weight is 264 g/mol. The summed E-state index contributed by atoms with van der Waals surface area (Å²) >= 11 is 0. The molecule has 5 nitrogen and oxygen atoms in total. The quantitative estimate of drug-likeness (QED) is 0.864. The third-order valence-corrected chi connectivity index (χ3v) is 2.60. The Morgan fingerprint density at radius 3 is 2.79 bits per heavy atom. The van der Waals surface area contributed by atoms with Crippen LogP contribution in [0.25, 0.3) is 11.5 Å². The number of aliphatic carboxylic acids is 1. The number of benzene rings is 1. The first-order chi connectivity index (χ1) is 9.06. The van der Waals surface area contributed by atoms with Crippen molar-refractivity contribution in [2.75, 3.05) is 0 Å². The third kappa shape index (κ3) is 3.38. The predicted molar refractivity (Wildman–Crippen MR) is 65.8 cm³/mol. The summed E-state index contributed by atoms with van der Waals surface area (Å²) < 4.78 is 18.0. The highest BCUT2D eigenvalue weighted by molar-refractivity contribution is 5.72. The molecule has 0 amide bonds. The van der Waals surface area contributed by atoms with Gasteiger partial charge in [-0.3, -0.25) is 10.1 Å². The van der Waals surface area contributed by atoms with Crippen molar-refractivity contribution in [2.45, 2.75) is 19.5 Å². The second kappa shape index (κ2) is 5.62. The van der Waals surface area contributed by atoms with Crippen LogP contribution in [0.3, 0.4) is 0 Å². The molecule has 1 atom stereocenters. The molecule has 100 valence electrons. The summed E-state index contributed by atoms with van der Waals surface area (Å²) in [5.41, 5.74) is 1.26. The molecule has 0 fully saturated rings. The number of nitrogens with one attached hydrogen (secondary N) is 1. The fourth-order valence-corrected chi connectivity index (χ4v) is 1.46. The number of hydrogen-bond acceptors (Lipinski definition) is 4. The highest BCUT2D eigenvalue weighted by Gasteiger charge is 2.11. The number of hydrogen-bond donors (Lipinski definition) is 2. The molecular formula is C13H13FN2O3. The van der Waals surface area contributed by atoms with Gasteiger partial charge in [0.1, 0.15) is 18.1 Å². The van der Waals surface area contributed by atoms with E-state index in [4.69, 9.17) is 9.52 Å². The molecular weight excluding hydrogens is 251 g/mol.